The van der Waals surface area contributed by atoms with Crippen molar-refractivity contribution in [2.24, 2.45) is 5.92 Å². The summed E-state index contributed by atoms with van der Waals surface area (Å²) in [6.07, 6.45) is 4.69. The number of hydrogen-bond donors (Lipinski definition) is 1. The van der Waals surface area contributed by atoms with E-state index in [1.54, 1.807) is 0 Å². The minimum absolute atomic E-state index is 0.710. The lowest BCUT2D eigenvalue weighted by Gasteiger charge is -2.22. The maximum Gasteiger partial charge on any atom is 0.122 e. The van der Waals surface area contributed by atoms with Crippen LogP contribution in [0.3, 0.4) is 0 Å². The van der Waals surface area contributed by atoms with Gasteiger partial charge in [0.1, 0.15) is 5.75 Å². The first-order chi connectivity index (χ1) is 9.42. The van der Waals surface area contributed by atoms with Crippen LogP contribution in [-0.2, 0) is 17.6 Å². The Hall–Kier alpha value is -1.06. The van der Waals surface area contributed by atoms with Crippen molar-refractivity contribution in [3.8, 4) is 5.75 Å². The van der Waals surface area contributed by atoms with E-state index in [1.165, 1.54) is 24.0 Å². The summed E-state index contributed by atoms with van der Waals surface area (Å²) in [6, 6.07) is 6.61. The molecule has 1 fully saturated rings. The fourth-order valence-corrected chi connectivity index (χ4v) is 2.90. The van der Waals surface area contributed by atoms with Gasteiger partial charge >= 0.3 is 0 Å². The van der Waals surface area contributed by atoms with E-state index in [1.807, 2.05) is 0 Å². The molecule has 0 aliphatic carbocycles. The molecule has 1 N–H and O–H groups in total. The van der Waals surface area contributed by atoms with Crippen LogP contribution in [0.5, 0.6) is 5.75 Å². The number of fused-ring (bicyclic) bond motifs is 1. The zero-order chi connectivity index (χ0) is 12.9. The third-order valence-corrected chi connectivity index (χ3v) is 4.03. The van der Waals surface area contributed by atoms with Gasteiger partial charge in [0.25, 0.3) is 0 Å². The van der Waals surface area contributed by atoms with Gasteiger partial charge in [-0.05, 0) is 48.9 Å². The summed E-state index contributed by atoms with van der Waals surface area (Å²) in [5, 5.41) is 3.56. The highest BCUT2D eigenvalue weighted by Gasteiger charge is 2.13. The summed E-state index contributed by atoms with van der Waals surface area (Å²) in [7, 11) is 0. The molecule has 1 aromatic carbocycles. The van der Waals surface area contributed by atoms with Crippen molar-refractivity contribution in [1.82, 2.24) is 5.32 Å². The Kier molecular flexibility index (Phi) is 4.36. The summed E-state index contributed by atoms with van der Waals surface area (Å²) in [4.78, 5) is 0. The van der Waals surface area contributed by atoms with Crippen molar-refractivity contribution in [2.75, 3.05) is 32.9 Å². The van der Waals surface area contributed by atoms with Gasteiger partial charge in [-0.1, -0.05) is 12.1 Å². The molecule has 1 saturated heterocycles. The van der Waals surface area contributed by atoms with Gasteiger partial charge in [0, 0.05) is 19.6 Å². The molecule has 2 aliphatic rings. The molecule has 104 valence electrons. The monoisotopic (exact) mass is 261 g/mol. The van der Waals surface area contributed by atoms with Gasteiger partial charge in [-0.15, -0.1) is 0 Å². The van der Waals surface area contributed by atoms with Crippen LogP contribution >= 0.6 is 0 Å². The van der Waals surface area contributed by atoms with Crippen LogP contribution in [0.15, 0.2) is 18.2 Å². The molecule has 3 nitrogen and oxygen atoms in total. The van der Waals surface area contributed by atoms with Crippen LogP contribution in [-0.4, -0.2) is 32.9 Å². The lowest BCUT2D eigenvalue weighted by Crippen LogP contribution is -2.30. The Morgan fingerprint density at radius 3 is 3.16 bits per heavy atom. The van der Waals surface area contributed by atoms with E-state index in [-0.39, 0.29) is 0 Å². The molecule has 0 aromatic heterocycles. The van der Waals surface area contributed by atoms with Gasteiger partial charge in [0.05, 0.1) is 13.2 Å². The van der Waals surface area contributed by atoms with E-state index in [0.717, 1.165) is 51.5 Å². The molecule has 2 heterocycles. The van der Waals surface area contributed by atoms with Crippen molar-refractivity contribution in [3.05, 3.63) is 29.3 Å². The third kappa shape index (κ3) is 3.48. The number of nitrogens with one attached hydrogen (secondary N) is 1. The van der Waals surface area contributed by atoms with Crippen molar-refractivity contribution in [2.45, 2.75) is 25.7 Å². The van der Waals surface area contributed by atoms with E-state index in [0.29, 0.717) is 5.92 Å². The van der Waals surface area contributed by atoms with E-state index >= 15 is 0 Å². The Bertz CT molecular complexity index is 413. The summed E-state index contributed by atoms with van der Waals surface area (Å²) in [6.45, 7) is 4.87. The van der Waals surface area contributed by atoms with Crippen LogP contribution in [0.4, 0.5) is 0 Å². The molecule has 0 bridgehead atoms. The Morgan fingerprint density at radius 2 is 2.26 bits per heavy atom. The summed E-state index contributed by atoms with van der Waals surface area (Å²) < 4.78 is 11.0. The van der Waals surface area contributed by atoms with Crippen LogP contribution < -0.4 is 10.1 Å². The van der Waals surface area contributed by atoms with E-state index in [2.05, 4.69) is 23.5 Å². The largest absolute Gasteiger partial charge is 0.493 e. The maximum absolute atomic E-state index is 5.53. The second-order valence-corrected chi connectivity index (χ2v) is 5.58. The number of benzene rings is 1. The van der Waals surface area contributed by atoms with E-state index in [4.69, 9.17) is 9.47 Å². The van der Waals surface area contributed by atoms with Crippen molar-refractivity contribution in [3.63, 3.8) is 0 Å². The Balaban J connectivity index is 1.40. The number of rotatable bonds is 5. The molecule has 1 unspecified atom stereocenters. The third-order valence-electron chi connectivity index (χ3n) is 4.03. The molecular weight excluding hydrogens is 238 g/mol. The molecule has 0 amide bonds. The molecule has 0 radical (unpaired) electrons. The van der Waals surface area contributed by atoms with Crippen LogP contribution in [0.2, 0.25) is 0 Å². The highest BCUT2D eigenvalue weighted by Crippen LogP contribution is 2.25. The fourth-order valence-electron chi connectivity index (χ4n) is 2.90. The minimum atomic E-state index is 0.710. The first-order valence-corrected chi connectivity index (χ1v) is 7.45. The van der Waals surface area contributed by atoms with Gasteiger partial charge in [-0.3, -0.25) is 0 Å². The number of ether oxygens (including phenoxy) is 2. The van der Waals surface area contributed by atoms with Crippen molar-refractivity contribution >= 4 is 0 Å². The molecule has 1 aromatic rings. The highest BCUT2D eigenvalue weighted by atomic mass is 16.5. The molecule has 2 aliphatic heterocycles. The van der Waals surface area contributed by atoms with Gasteiger partial charge in [0.2, 0.25) is 0 Å². The second-order valence-electron chi connectivity index (χ2n) is 5.58. The number of hydrogen-bond acceptors (Lipinski definition) is 3. The van der Waals surface area contributed by atoms with Gasteiger partial charge in [-0.25, -0.2) is 0 Å². The average Bonchev–Trinajstić information content (AvgIpc) is 2.92. The summed E-state index contributed by atoms with van der Waals surface area (Å²) in [5.74, 6) is 1.79. The summed E-state index contributed by atoms with van der Waals surface area (Å²) >= 11 is 0. The molecule has 0 saturated carbocycles. The van der Waals surface area contributed by atoms with Gasteiger partial charge in [-0.2, -0.15) is 0 Å². The molecule has 0 spiro atoms. The minimum Gasteiger partial charge on any atom is -0.493 e. The standard InChI is InChI=1S/C16H23NO2/c1-2-14(12-18-8-1)11-17-7-5-13-3-4-16-15(10-13)6-9-19-16/h3-4,10,14,17H,1-2,5-9,11-12H2. The van der Waals surface area contributed by atoms with E-state index < -0.39 is 0 Å². The van der Waals surface area contributed by atoms with Crippen LogP contribution in [0, 0.1) is 5.92 Å². The predicted octanol–water partition coefficient (Wildman–Crippen LogP) is 2.18. The first-order valence-electron chi connectivity index (χ1n) is 7.45. The van der Waals surface area contributed by atoms with E-state index in [9.17, 15) is 0 Å². The fraction of sp³-hybridized carbons (Fsp3) is 0.625. The zero-order valence-electron chi connectivity index (χ0n) is 11.5. The smallest absolute Gasteiger partial charge is 0.122 e. The van der Waals surface area contributed by atoms with Crippen molar-refractivity contribution in [1.29, 1.82) is 0 Å². The average molecular weight is 261 g/mol. The maximum atomic E-state index is 5.53. The first kappa shape index (κ1) is 12.9. The lowest BCUT2D eigenvalue weighted by atomic mass is 10.0. The SMILES string of the molecule is c1cc2c(cc1CCNCC1CCCOC1)CCO2. The topological polar surface area (TPSA) is 30.5 Å². The second kappa shape index (κ2) is 6.40. The zero-order valence-corrected chi connectivity index (χ0v) is 11.5. The van der Waals surface area contributed by atoms with Crippen LogP contribution in [0.1, 0.15) is 24.0 Å². The molecule has 1 atom stereocenters. The predicted molar refractivity (Wildman–Crippen MR) is 75.8 cm³/mol. The van der Waals surface area contributed by atoms with Gasteiger partial charge < -0.3 is 14.8 Å². The molecular formula is C16H23NO2. The lowest BCUT2D eigenvalue weighted by molar-refractivity contribution is 0.0550. The molecule has 3 heteroatoms. The Morgan fingerprint density at radius 1 is 1.26 bits per heavy atom. The Labute approximate surface area is 115 Å². The van der Waals surface area contributed by atoms with Gasteiger partial charge in [0.15, 0.2) is 0 Å². The van der Waals surface area contributed by atoms with Crippen LogP contribution in [0.25, 0.3) is 0 Å². The summed E-state index contributed by atoms with van der Waals surface area (Å²) in [5.41, 5.74) is 2.79. The molecule has 3 rings (SSSR count). The quantitative estimate of drug-likeness (QED) is 0.824. The molecule has 19 heavy (non-hydrogen) atoms. The normalized spacial score (nSPS) is 22.0. The highest BCUT2D eigenvalue weighted by molar-refractivity contribution is 5.39. The van der Waals surface area contributed by atoms with Crippen molar-refractivity contribution < 1.29 is 9.47 Å².